The summed E-state index contributed by atoms with van der Waals surface area (Å²) in [5, 5.41) is 3.02. The van der Waals surface area contributed by atoms with E-state index in [-0.39, 0.29) is 18.1 Å². The van der Waals surface area contributed by atoms with Gasteiger partial charge in [0.1, 0.15) is 6.61 Å². The highest BCUT2D eigenvalue weighted by atomic mass is 31.1. The minimum atomic E-state index is -1.55. The Hall–Kier alpha value is -1.71. The summed E-state index contributed by atoms with van der Waals surface area (Å²) < 4.78 is 21.9. The van der Waals surface area contributed by atoms with Crippen LogP contribution in [0.1, 0.15) is 38.2 Å². The molecule has 3 unspecified atom stereocenters. The Balaban J connectivity index is 1.74. The van der Waals surface area contributed by atoms with Crippen molar-refractivity contribution in [3.63, 3.8) is 0 Å². The molecule has 0 aliphatic heterocycles. The third-order valence-electron chi connectivity index (χ3n) is 4.47. The quantitative estimate of drug-likeness (QED) is 0.348. The van der Waals surface area contributed by atoms with Crippen molar-refractivity contribution < 1.29 is 18.6 Å². The van der Waals surface area contributed by atoms with Crippen LogP contribution in [0.15, 0.2) is 43.0 Å². The van der Waals surface area contributed by atoms with E-state index in [2.05, 4.69) is 11.9 Å². The van der Waals surface area contributed by atoms with Crippen molar-refractivity contribution in [2.24, 2.45) is 5.92 Å². The van der Waals surface area contributed by atoms with Gasteiger partial charge in [-0.1, -0.05) is 36.4 Å². The number of hydrogen-bond acceptors (Lipinski definition) is 4. The van der Waals surface area contributed by atoms with Gasteiger partial charge in [0.25, 0.3) is 0 Å². The van der Waals surface area contributed by atoms with Gasteiger partial charge in [-0.2, -0.15) is 0 Å². The van der Waals surface area contributed by atoms with E-state index in [0.717, 1.165) is 31.2 Å². The number of rotatable bonds is 11. The monoisotopic (exact) mass is 364 g/mol. The zero-order valence-corrected chi connectivity index (χ0v) is 15.7. The first-order valence-corrected chi connectivity index (χ1v) is 10.1. The fourth-order valence-electron chi connectivity index (χ4n) is 2.99. The summed E-state index contributed by atoms with van der Waals surface area (Å²) in [6.45, 7) is 6.42. The fraction of sp³-hybridized carbons (Fsp3) is 0.526. The molecule has 1 aromatic rings. The van der Waals surface area contributed by atoms with E-state index in [1.54, 1.807) is 0 Å². The maximum Gasteiger partial charge on any atom is 0.508 e. The average molecular weight is 364 g/mol. The van der Waals surface area contributed by atoms with Crippen molar-refractivity contribution in [2.45, 2.75) is 44.8 Å². The molecule has 0 bridgehead atoms. The van der Waals surface area contributed by atoms with E-state index in [1.807, 2.05) is 43.3 Å². The second kappa shape index (κ2) is 9.69. The molecule has 1 N–H and O–H groups in total. The molecule has 0 heterocycles. The number of alkyl carbamates (subject to hydrolysis) is 1. The highest BCUT2D eigenvalue weighted by molar-refractivity contribution is 7.39. The Kier molecular flexibility index (Phi) is 7.60. The molecular formula is C19H27NO4P+. The second-order valence-corrected chi connectivity index (χ2v) is 7.69. The summed E-state index contributed by atoms with van der Waals surface area (Å²) >= 11 is 0. The minimum Gasteiger partial charge on any atom is -0.445 e. The van der Waals surface area contributed by atoms with Gasteiger partial charge in [0, 0.05) is 5.92 Å². The van der Waals surface area contributed by atoms with Crippen LogP contribution in [0, 0.1) is 5.92 Å². The number of carbonyl (C=O) groups excluding carboxylic acids is 1. The summed E-state index contributed by atoms with van der Waals surface area (Å²) in [4.78, 5) is 12.1. The van der Waals surface area contributed by atoms with Gasteiger partial charge >= 0.3 is 14.1 Å². The number of benzene rings is 1. The van der Waals surface area contributed by atoms with Crippen LogP contribution in [0.5, 0.6) is 0 Å². The van der Waals surface area contributed by atoms with E-state index >= 15 is 0 Å². The maximum atomic E-state index is 12.1. The van der Waals surface area contributed by atoms with Gasteiger partial charge in [0.15, 0.2) is 6.16 Å². The zero-order valence-electron chi connectivity index (χ0n) is 14.8. The van der Waals surface area contributed by atoms with Gasteiger partial charge in [-0.15, -0.1) is 11.1 Å². The molecule has 1 amide bonds. The van der Waals surface area contributed by atoms with Crippen LogP contribution < -0.4 is 5.32 Å². The molecule has 0 saturated heterocycles. The number of carbonyl (C=O) groups is 1. The van der Waals surface area contributed by atoms with Crippen molar-refractivity contribution in [3.05, 3.63) is 48.6 Å². The molecule has 1 saturated carbocycles. The first-order valence-electron chi connectivity index (χ1n) is 8.78. The second-order valence-electron chi connectivity index (χ2n) is 6.32. The van der Waals surface area contributed by atoms with Gasteiger partial charge in [-0.05, 0) is 42.7 Å². The van der Waals surface area contributed by atoms with Gasteiger partial charge in [0.2, 0.25) is 0 Å². The summed E-state index contributed by atoms with van der Waals surface area (Å²) in [7, 11) is -1.55. The number of hydrogen-bond donors (Lipinski definition) is 1. The SMILES string of the molecule is C=CC1CC1(CCCC[P+](=O)OCC)NC(=O)OCc1ccccc1. The molecule has 136 valence electrons. The number of unbranched alkanes of at least 4 members (excludes halogenated alkanes) is 1. The molecule has 3 atom stereocenters. The first-order chi connectivity index (χ1) is 12.1. The predicted molar refractivity (Wildman–Crippen MR) is 98.7 cm³/mol. The van der Waals surface area contributed by atoms with E-state index in [0.29, 0.717) is 12.8 Å². The number of nitrogens with one attached hydrogen (secondary N) is 1. The Morgan fingerprint density at radius 3 is 2.80 bits per heavy atom. The lowest BCUT2D eigenvalue weighted by Crippen LogP contribution is -2.38. The number of ether oxygens (including phenoxy) is 1. The van der Waals surface area contributed by atoms with Crippen LogP contribution in [-0.2, 0) is 20.4 Å². The molecule has 0 aromatic heterocycles. The van der Waals surface area contributed by atoms with Gasteiger partial charge in [0.05, 0.1) is 12.1 Å². The first kappa shape index (κ1) is 19.6. The topological polar surface area (TPSA) is 64.6 Å². The molecule has 1 fully saturated rings. The van der Waals surface area contributed by atoms with Crippen LogP contribution in [0.25, 0.3) is 0 Å². The smallest absolute Gasteiger partial charge is 0.445 e. The van der Waals surface area contributed by atoms with Gasteiger partial charge in [-0.25, -0.2) is 4.79 Å². The van der Waals surface area contributed by atoms with Gasteiger partial charge in [-0.3, -0.25) is 0 Å². The average Bonchev–Trinajstić information content (AvgIpc) is 3.31. The molecule has 6 heteroatoms. The Bertz CT molecular complexity index is 592. The zero-order chi connectivity index (χ0) is 18.1. The third kappa shape index (κ3) is 6.26. The highest BCUT2D eigenvalue weighted by Crippen LogP contribution is 2.48. The molecule has 0 radical (unpaired) electrons. The van der Waals surface area contributed by atoms with Crippen LogP contribution in [0.4, 0.5) is 4.79 Å². The van der Waals surface area contributed by atoms with Crippen LogP contribution in [-0.4, -0.2) is 24.4 Å². The van der Waals surface area contributed by atoms with Crippen molar-refractivity contribution in [1.82, 2.24) is 5.32 Å². The Morgan fingerprint density at radius 2 is 2.16 bits per heavy atom. The summed E-state index contributed by atoms with van der Waals surface area (Å²) in [5.41, 5.74) is 0.703. The molecule has 0 spiro atoms. The molecule has 2 rings (SSSR count). The maximum absolute atomic E-state index is 12.1. The standard InChI is InChI=1S/C19H26NO4P/c1-3-17-14-19(17,12-8-9-13-25(22)24-4-2)20-18(21)23-15-16-10-6-5-7-11-16/h3,5-7,10-11,17H,1,4,8-9,12-15H2,2H3/p+1. The molecular weight excluding hydrogens is 337 g/mol. The lowest BCUT2D eigenvalue weighted by molar-refractivity contribution is 0.133. The molecule has 5 nitrogen and oxygen atoms in total. The largest absolute Gasteiger partial charge is 0.508 e. The Morgan fingerprint density at radius 1 is 1.40 bits per heavy atom. The van der Waals surface area contributed by atoms with Crippen molar-refractivity contribution in [3.8, 4) is 0 Å². The predicted octanol–water partition coefficient (Wildman–Crippen LogP) is 4.81. The summed E-state index contributed by atoms with van der Waals surface area (Å²) in [6.07, 6.45) is 5.48. The normalized spacial score (nSPS) is 22.1. The third-order valence-corrected chi connectivity index (χ3v) is 5.70. The van der Waals surface area contributed by atoms with E-state index < -0.39 is 14.1 Å². The van der Waals surface area contributed by atoms with E-state index in [9.17, 15) is 9.36 Å². The lowest BCUT2D eigenvalue weighted by Gasteiger charge is -2.18. The van der Waals surface area contributed by atoms with E-state index in [1.165, 1.54) is 0 Å². The highest BCUT2D eigenvalue weighted by Gasteiger charge is 2.53. The van der Waals surface area contributed by atoms with Crippen molar-refractivity contribution >= 4 is 14.1 Å². The van der Waals surface area contributed by atoms with Crippen LogP contribution >= 0.6 is 8.03 Å². The molecule has 1 aliphatic carbocycles. The van der Waals surface area contributed by atoms with E-state index in [4.69, 9.17) is 9.26 Å². The number of amides is 1. The van der Waals surface area contributed by atoms with Gasteiger partial charge < -0.3 is 10.1 Å². The summed E-state index contributed by atoms with van der Waals surface area (Å²) in [6, 6.07) is 9.61. The van der Waals surface area contributed by atoms with Crippen molar-refractivity contribution in [2.75, 3.05) is 12.8 Å². The summed E-state index contributed by atoms with van der Waals surface area (Å²) in [5.74, 6) is 0.275. The molecule has 25 heavy (non-hydrogen) atoms. The lowest BCUT2D eigenvalue weighted by atomic mass is 10.1. The van der Waals surface area contributed by atoms with Crippen LogP contribution in [0.3, 0.4) is 0 Å². The molecule has 1 aliphatic rings. The molecule has 1 aromatic carbocycles. The Labute approximate surface area is 150 Å². The fourth-order valence-corrected chi connectivity index (χ4v) is 3.89. The van der Waals surface area contributed by atoms with Crippen molar-refractivity contribution in [1.29, 1.82) is 0 Å². The van der Waals surface area contributed by atoms with Crippen LogP contribution in [0.2, 0.25) is 0 Å². The minimum absolute atomic E-state index is 0.257.